The summed E-state index contributed by atoms with van der Waals surface area (Å²) in [5.74, 6) is -1.45. The lowest BCUT2D eigenvalue weighted by Crippen LogP contribution is -2.35. The summed E-state index contributed by atoms with van der Waals surface area (Å²) in [6, 6.07) is 20.2. The standard InChI is InChI=1S/C22H19N3O5S/c1-15(22(27)25-19-9-8-17-4-2-3-5-18(17)12-19)30-21(26)14-24-31(28,29)20-10-6-16(13-23)7-11-20/h2-12,15,24H,14H2,1H3,(H,25,27)/t15-/m0/s1. The molecule has 9 heteroatoms. The summed E-state index contributed by atoms with van der Waals surface area (Å²) >= 11 is 0. The number of carbonyl (C=O) groups is 2. The third-order valence-electron chi connectivity index (χ3n) is 4.39. The quantitative estimate of drug-likeness (QED) is 0.547. The zero-order valence-corrected chi connectivity index (χ0v) is 17.3. The summed E-state index contributed by atoms with van der Waals surface area (Å²) < 4.78 is 31.6. The topological polar surface area (TPSA) is 125 Å². The van der Waals surface area contributed by atoms with Gasteiger partial charge in [0, 0.05) is 5.69 Å². The minimum atomic E-state index is -3.97. The van der Waals surface area contributed by atoms with Crippen LogP contribution in [0.25, 0.3) is 10.8 Å². The maximum absolute atomic E-state index is 12.3. The summed E-state index contributed by atoms with van der Waals surface area (Å²) in [5.41, 5.74) is 0.859. The number of hydrogen-bond donors (Lipinski definition) is 2. The van der Waals surface area contributed by atoms with E-state index in [-0.39, 0.29) is 4.90 Å². The highest BCUT2D eigenvalue weighted by atomic mass is 32.2. The molecule has 8 nitrogen and oxygen atoms in total. The Kier molecular flexibility index (Phi) is 6.65. The number of benzene rings is 3. The first-order valence-electron chi connectivity index (χ1n) is 9.27. The van der Waals surface area contributed by atoms with Crippen LogP contribution in [-0.4, -0.2) is 32.9 Å². The number of sulfonamides is 1. The minimum absolute atomic E-state index is 0.0959. The van der Waals surface area contributed by atoms with Crippen molar-refractivity contribution >= 4 is 38.4 Å². The molecule has 0 bridgehead atoms. The number of fused-ring (bicyclic) bond motifs is 1. The molecule has 0 saturated carbocycles. The molecule has 0 aliphatic heterocycles. The SMILES string of the molecule is C[C@H](OC(=O)CNS(=O)(=O)c1ccc(C#N)cc1)C(=O)Nc1ccc2ccccc2c1. The van der Waals surface area contributed by atoms with Crippen LogP contribution < -0.4 is 10.0 Å². The van der Waals surface area contributed by atoms with Crippen LogP contribution in [0.2, 0.25) is 0 Å². The van der Waals surface area contributed by atoms with E-state index in [2.05, 4.69) is 10.0 Å². The van der Waals surface area contributed by atoms with E-state index in [4.69, 9.17) is 10.00 Å². The Hall–Kier alpha value is -3.74. The summed E-state index contributed by atoms with van der Waals surface area (Å²) in [7, 11) is -3.97. The predicted molar refractivity (Wildman–Crippen MR) is 114 cm³/mol. The summed E-state index contributed by atoms with van der Waals surface area (Å²) in [5, 5.41) is 13.4. The molecule has 0 fully saturated rings. The molecule has 0 aromatic heterocycles. The fourth-order valence-electron chi connectivity index (χ4n) is 2.75. The van der Waals surface area contributed by atoms with E-state index in [0.717, 1.165) is 10.8 Å². The monoisotopic (exact) mass is 437 g/mol. The maximum Gasteiger partial charge on any atom is 0.321 e. The molecule has 1 atom stereocenters. The van der Waals surface area contributed by atoms with Crippen molar-refractivity contribution in [2.45, 2.75) is 17.9 Å². The first kappa shape index (κ1) is 22.0. The Morgan fingerprint density at radius 2 is 1.71 bits per heavy atom. The van der Waals surface area contributed by atoms with E-state index in [1.54, 1.807) is 12.1 Å². The molecule has 2 N–H and O–H groups in total. The smallest absolute Gasteiger partial charge is 0.321 e. The second kappa shape index (κ2) is 9.38. The second-order valence-electron chi connectivity index (χ2n) is 6.64. The Morgan fingerprint density at radius 1 is 1.03 bits per heavy atom. The molecular weight excluding hydrogens is 418 g/mol. The number of nitrogens with zero attached hydrogens (tertiary/aromatic N) is 1. The van der Waals surface area contributed by atoms with Gasteiger partial charge in [0.2, 0.25) is 10.0 Å². The number of nitrogens with one attached hydrogen (secondary N) is 2. The highest BCUT2D eigenvalue weighted by molar-refractivity contribution is 7.89. The fraction of sp³-hybridized carbons (Fsp3) is 0.136. The van der Waals surface area contributed by atoms with E-state index >= 15 is 0 Å². The van der Waals surface area contributed by atoms with Gasteiger partial charge in [-0.3, -0.25) is 9.59 Å². The van der Waals surface area contributed by atoms with Crippen molar-refractivity contribution < 1.29 is 22.7 Å². The summed E-state index contributed by atoms with van der Waals surface area (Å²) in [4.78, 5) is 24.2. The molecule has 0 aliphatic carbocycles. The van der Waals surface area contributed by atoms with E-state index < -0.39 is 34.5 Å². The first-order valence-corrected chi connectivity index (χ1v) is 10.8. The van der Waals surface area contributed by atoms with Crippen molar-refractivity contribution in [3.63, 3.8) is 0 Å². The lowest BCUT2D eigenvalue weighted by molar-refractivity contribution is -0.151. The van der Waals surface area contributed by atoms with Gasteiger partial charge in [0.25, 0.3) is 5.91 Å². The number of esters is 1. The van der Waals surface area contributed by atoms with Crippen LogP contribution in [0.4, 0.5) is 5.69 Å². The van der Waals surface area contributed by atoms with E-state index in [1.807, 2.05) is 36.4 Å². The zero-order valence-electron chi connectivity index (χ0n) is 16.5. The van der Waals surface area contributed by atoms with Gasteiger partial charge in [-0.15, -0.1) is 0 Å². The third-order valence-corrected chi connectivity index (χ3v) is 5.81. The normalized spacial score (nSPS) is 12.0. The van der Waals surface area contributed by atoms with Crippen LogP contribution in [-0.2, 0) is 24.3 Å². The van der Waals surface area contributed by atoms with Crippen LogP contribution in [0.3, 0.4) is 0 Å². The molecule has 31 heavy (non-hydrogen) atoms. The lowest BCUT2D eigenvalue weighted by Gasteiger charge is -2.14. The van der Waals surface area contributed by atoms with Gasteiger partial charge >= 0.3 is 5.97 Å². The Labute approximate surface area is 179 Å². The Morgan fingerprint density at radius 3 is 2.39 bits per heavy atom. The molecule has 0 aliphatic rings. The van der Waals surface area contributed by atoms with Crippen LogP contribution >= 0.6 is 0 Å². The largest absolute Gasteiger partial charge is 0.452 e. The molecule has 0 spiro atoms. The van der Waals surface area contributed by atoms with E-state index in [0.29, 0.717) is 11.3 Å². The molecule has 0 heterocycles. The van der Waals surface area contributed by atoms with Gasteiger partial charge < -0.3 is 10.1 Å². The predicted octanol–water partition coefficient (Wildman–Crippen LogP) is 2.56. The molecule has 0 radical (unpaired) electrons. The maximum atomic E-state index is 12.3. The summed E-state index contributed by atoms with van der Waals surface area (Å²) in [6.45, 7) is 0.749. The average molecular weight is 437 g/mol. The van der Waals surface area contributed by atoms with E-state index in [1.165, 1.54) is 31.2 Å². The first-order chi connectivity index (χ1) is 14.8. The van der Waals surface area contributed by atoms with Gasteiger partial charge in [0.05, 0.1) is 16.5 Å². The van der Waals surface area contributed by atoms with Gasteiger partial charge in [-0.2, -0.15) is 9.98 Å². The number of amides is 1. The van der Waals surface area contributed by atoms with Crippen molar-refractivity contribution in [3.8, 4) is 6.07 Å². The number of nitriles is 1. The molecule has 1 amide bonds. The highest BCUT2D eigenvalue weighted by Gasteiger charge is 2.21. The number of hydrogen-bond acceptors (Lipinski definition) is 6. The van der Waals surface area contributed by atoms with Gasteiger partial charge in [-0.1, -0.05) is 30.3 Å². The van der Waals surface area contributed by atoms with Crippen LogP contribution in [0.1, 0.15) is 12.5 Å². The van der Waals surface area contributed by atoms with Crippen LogP contribution in [0.5, 0.6) is 0 Å². The Bertz CT molecular complexity index is 1260. The van der Waals surface area contributed by atoms with Crippen LogP contribution in [0.15, 0.2) is 71.6 Å². The number of carbonyl (C=O) groups excluding carboxylic acids is 2. The Balaban J connectivity index is 1.54. The van der Waals surface area contributed by atoms with Crippen LogP contribution in [0, 0.1) is 11.3 Å². The highest BCUT2D eigenvalue weighted by Crippen LogP contribution is 2.19. The van der Waals surface area contributed by atoms with Gasteiger partial charge in [0.15, 0.2) is 6.10 Å². The molecule has 3 aromatic rings. The van der Waals surface area contributed by atoms with Gasteiger partial charge in [-0.25, -0.2) is 8.42 Å². The zero-order chi connectivity index (χ0) is 22.4. The van der Waals surface area contributed by atoms with Crippen molar-refractivity contribution in [3.05, 3.63) is 72.3 Å². The summed E-state index contributed by atoms with van der Waals surface area (Å²) in [6.07, 6.45) is -1.13. The van der Waals surface area contributed by atoms with Crippen molar-refractivity contribution in [2.24, 2.45) is 0 Å². The van der Waals surface area contributed by atoms with E-state index in [9.17, 15) is 18.0 Å². The minimum Gasteiger partial charge on any atom is -0.452 e. The van der Waals surface area contributed by atoms with Crippen molar-refractivity contribution in [2.75, 3.05) is 11.9 Å². The second-order valence-corrected chi connectivity index (χ2v) is 8.41. The number of rotatable bonds is 7. The van der Waals surface area contributed by atoms with Gasteiger partial charge in [-0.05, 0) is 54.1 Å². The molecule has 3 rings (SSSR count). The third kappa shape index (κ3) is 5.66. The van der Waals surface area contributed by atoms with Crippen molar-refractivity contribution in [1.29, 1.82) is 5.26 Å². The van der Waals surface area contributed by atoms with Crippen molar-refractivity contribution in [1.82, 2.24) is 4.72 Å². The number of anilines is 1. The molecule has 0 unspecified atom stereocenters. The molecule has 0 saturated heterocycles. The lowest BCUT2D eigenvalue weighted by atomic mass is 10.1. The molecular formula is C22H19N3O5S. The average Bonchev–Trinajstić information content (AvgIpc) is 2.77. The number of ether oxygens (including phenoxy) is 1. The van der Waals surface area contributed by atoms with Gasteiger partial charge in [0.1, 0.15) is 6.54 Å². The fourth-order valence-corrected chi connectivity index (χ4v) is 3.72. The molecule has 3 aromatic carbocycles. The molecule has 158 valence electrons.